The van der Waals surface area contributed by atoms with Crippen LogP contribution >= 0.6 is 15.9 Å². The van der Waals surface area contributed by atoms with Gasteiger partial charge in [-0.2, -0.15) is 0 Å². The van der Waals surface area contributed by atoms with Gasteiger partial charge in [0.15, 0.2) is 0 Å². The summed E-state index contributed by atoms with van der Waals surface area (Å²) in [4.78, 5) is 0. The van der Waals surface area contributed by atoms with Crippen LogP contribution in [0.1, 0.15) is 71.6 Å². The molecule has 4 heteroatoms. The standard InChI is InChI=1S/C23H32BrFO2/c1-8-27-22-17(19(14(4)5)18(25)12-26)11-16-15(13(2)3)9-10-23(6,7)20(16)21(22)24/h9,11,13-14,26H,8,10,12H2,1-7H3. The van der Waals surface area contributed by atoms with Gasteiger partial charge in [0, 0.05) is 5.56 Å². The van der Waals surface area contributed by atoms with Crippen molar-refractivity contribution < 1.29 is 14.2 Å². The Morgan fingerprint density at radius 2 is 1.93 bits per heavy atom. The Morgan fingerprint density at radius 3 is 2.41 bits per heavy atom. The largest absolute Gasteiger partial charge is 0.492 e. The zero-order valence-electron chi connectivity index (χ0n) is 17.5. The lowest BCUT2D eigenvalue weighted by Gasteiger charge is -2.36. The molecule has 0 atom stereocenters. The van der Waals surface area contributed by atoms with Crippen LogP contribution in [0.25, 0.3) is 11.1 Å². The number of benzene rings is 1. The van der Waals surface area contributed by atoms with Crippen LogP contribution in [0.15, 0.2) is 22.4 Å². The van der Waals surface area contributed by atoms with Crippen molar-refractivity contribution in [3.05, 3.63) is 39.1 Å². The Hall–Kier alpha value is -1.13. The molecule has 0 heterocycles. The molecule has 0 fully saturated rings. The Balaban J connectivity index is 2.94. The van der Waals surface area contributed by atoms with Gasteiger partial charge in [0.25, 0.3) is 0 Å². The van der Waals surface area contributed by atoms with Gasteiger partial charge in [-0.25, -0.2) is 4.39 Å². The third-order valence-corrected chi connectivity index (χ3v) is 6.01. The first kappa shape index (κ1) is 22.2. The first-order chi connectivity index (χ1) is 12.6. The third-order valence-electron chi connectivity index (χ3n) is 5.25. The number of aliphatic hydroxyl groups excluding tert-OH is 1. The predicted molar refractivity (Wildman–Crippen MR) is 116 cm³/mol. The molecule has 0 aromatic heterocycles. The Bertz CT molecular complexity index is 773. The average molecular weight is 439 g/mol. The van der Waals surface area contributed by atoms with Gasteiger partial charge in [0.1, 0.15) is 11.6 Å². The van der Waals surface area contributed by atoms with E-state index in [9.17, 15) is 9.50 Å². The molecule has 27 heavy (non-hydrogen) atoms. The van der Waals surface area contributed by atoms with E-state index in [4.69, 9.17) is 4.74 Å². The summed E-state index contributed by atoms with van der Waals surface area (Å²) in [5.41, 5.74) is 4.84. The van der Waals surface area contributed by atoms with E-state index in [1.54, 1.807) is 0 Å². The van der Waals surface area contributed by atoms with Gasteiger partial charge in [0.05, 0.1) is 17.7 Å². The summed E-state index contributed by atoms with van der Waals surface area (Å²) in [6.45, 7) is 14.5. The van der Waals surface area contributed by atoms with E-state index in [0.29, 0.717) is 23.8 Å². The van der Waals surface area contributed by atoms with Crippen LogP contribution in [-0.2, 0) is 5.41 Å². The van der Waals surface area contributed by atoms with Crippen LogP contribution in [0.2, 0.25) is 0 Å². The molecule has 1 N–H and O–H groups in total. The van der Waals surface area contributed by atoms with E-state index in [0.717, 1.165) is 22.0 Å². The quantitative estimate of drug-likeness (QED) is 0.523. The van der Waals surface area contributed by atoms with Gasteiger partial charge in [-0.1, -0.05) is 47.6 Å². The van der Waals surface area contributed by atoms with Gasteiger partial charge in [0.2, 0.25) is 0 Å². The summed E-state index contributed by atoms with van der Waals surface area (Å²) in [7, 11) is 0. The third kappa shape index (κ3) is 4.17. The van der Waals surface area contributed by atoms with E-state index < -0.39 is 12.4 Å². The van der Waals surface area contributed by atoms with Crippen molar-refractivity contribution in [3.63, 3.8) is 0 Å². The molecule has 0 radical (unpaired) electrons. The van der Waals surface area contributed by atoms with Gasteiger partial charge in [-0.3, -0.25) is 0 Å². The van der Waals surface area contributed by atoms with Crippen molar-refractivity contribution in [2.75, 3.05) is 13.2 Å². The molecule has 0 bridgehead atoms. The fourth-order valence-corrected chi connectivity index (χ4v) is 5.06. The molecule has 0 unspecified atom stereocenters. The topological polar surface area (TPSA) is 29.5 Å². The van der Waals surface area contributed by atoms with Crippen LogP contribution in [0.4, 0.5) is 4.39 Å². The van der Waals surface area contributed by atoms with Crippen molar-refractivity contribution in [2.45, 2.75) is 60.3 Å². The van der Waals surface area contributed by atoms with Crippen LogP contribution in [-0.4, -0.2) is 18.3 Å². The minimum atomic E-state index is -0.605. The number of hydrogen-bond donors (Lipinski definition) is 1. The van der Waals surface area contributed by atoms with Crippen LogP contribution in [0.5, 0.6) is 5.75 Å². The number of aliphatic hydroxyl groups is 1. The van der Waals surface area contributed by atoms with Gasteiger partial charge >= 0.3 is 0 Å². The number of fused-ring (bicyclic) bond motifs is 1. The second-order valence-corrected chi connectivity index (χ2v) is 9.25. The highest BCUT2D eigenvalue weighted by atomic mass is 79.9. The SMILES string of the molecule is CCOc1c(C(=C(F)CO)C(C)C)cc2c(c1Br)C(C)(C)CC=C2C(C)C. The lowest BCUT2D eigenvalue weighted by atomic mass is 9.70. The summed E-state index contributed by atoms with van der Waals surface area (Å²) in [5.74, 6) is 0.459. The molecule has 1 aromatic carbocycles. The molecule has 0 aliphatic heterocycles. The molecule has 1 aromatic rings. The second kappa shape index (κ2) is 8.48. The molecule has 1 aliphatic rings. The monoisotopic (exact) mass is 438 g/mol. The first-order valence-corrected chi connectivity index (χ1v) is 10.6. The van der Waals surface area contributed by atoms with E-state index in [1.165, 1.54) is 11.1 Å². The van der Waals surface area contributed by atoms with Crippen molar-refractivity contribution in [1.29, 1.82) is 0 Å². The van der Waals surface area contributed by atoms with Gasteiger partial charge in [-0.05, 0) is 74.9 Å². The highest BCUT2D eigenvalue weighted by Crippen LogP contribution is 2.51. The van der Waals surface area contributed by atoms with Crippen molar-refractivity contribution in [3.8, 4) is 5.75 Å². The number of rotatable bonds is 6. The van der Waals surface area contributed by atoms with E-state index in [1.807, 2.05) is 20.8 Å². The normalized spacial score (nSPS) is 17.0. The predicted octanol–water partition coefficient (Wildman–Crippen LogP) is 6.90. The van der Waals surface area contributed by atoms with E-state index in [2.05, 4.69) is 55.8 Å². The molecular weight excluding hydrogens is 407 g/mol. The molecular formula is C23H32BrFO2. The zero-order chi connectivity index (χ0) is 20.5. The molecule has 0 spiro atoms. The maximum absolute atomic E-state index is 14.7. The molecule has 150 valence electrons. The van der Waals surface area contributed by atoms with Gasteiger partial charge in [-0.15, -0.1) is 0 Å². The zero-order valence-corrected chi connectivity index (χ0v) is 19.1. The Morgan fingerprint density at radius 1 is 1.30 bits per heavy atom. The minimum Gasteiger partial charge on any atom is -0.492 e. The number of ether oxygens (including phenoxy) is 1. The molecule has 0 saturated carbocycles. The smallest absolute Gasteiger partial charge is 0.141 e. The summed E-state index contributed by atoms with van der Waals surface area (Å²) < 4.78 is 21.6. The summed E-state index contributed by atoms with van der Waals surface area (Å²) in [5, 5.41) is 9.47. The van der Waals surface area contributed by atoms with Gasteiger partial charge < -0.3 is 9.84 Å². The van der Waals surface area contributed by atoms with Crippen LogP contribution in [0.3, 0.4) is 0 Å². The lowest BCUT2D eigenvalue weighted by molar-refractivity contribution is 0.297. The lowest BCUT2D eigenvalue weighted by Crippen LogP contribution is -2.24. The van der Waals surface area contributed by atoms with Crippen molar-refractivity contribution in [2.24, 2.45) is 11.8 Å². The summed E-state index contributed by atoms with van der Waals surface area (Å²) >= 11 is 3.80. The van der Waals surface area contributed by atoms with E-state index in [-0.39, 0.29) is 11.3 Å². The summed E-state index contributed by atoms with van der Waals surface area (Å²) in [6, 6.07) is 2.07. The van der Waals surface area contributed by atoms with Crippen molar-refractivity contribution in [1.82, 2.24) is 0 Å². The molecule has 1 aliphatic carbocycles. The summed E-state index contributed by atoms with van der Waals surface area (Å²) in [6.07, 6.45) is 3.26. The number of allylic oxidation sites excluding steroid dienone is 3. The van der Waals surface area contributed by atoms with Crippen molar-refractivity contribution >= 4 is 27.1 Å². The fraction of sp³-hybridized carbons (Fsp3) is 0.565. The molecule has 0 saturated heterocycles. The molecule has 2 nitrogen and oxygen atoms in total. The second-order valence-electron chi connectivity index (χ2n) is 8.46. The van der Waals surface area contributed by atoms with Crippen LogP contribution in [0, 0.1) is 11.8 Å². The van der Waals surface area contributed by atoms with Crippen LogP contribution < -0.4 is 4.74 Å². The van der Waals surface area contributed by atoms with E-state index >= 15 is 0 Å². The minimum absolute atomic E-state index is 0.0475. The maximum Gasteiger partial charge on any atom is 0.141 e. The average Bonchev–Trinajstić information content (AvgIpc) is 2.56. The highest BCUT2D eigenvalue weighted by Gasteiger charge is 2.34. The number of hydrogen-bond acceptors (Lipinski definition) is 2. The maximum atomic E-state index is 14.7. The Labute approximate surface area is 171 Å². The molecule has 2 rings (SSSR count). The molecule has 0 amide bonds. The first-order valence-electron chi connectivity index (χ1n) is 9.76. The number of halogens is 2. The Kier molecular flexibility index (Phi) is 6.96. The fourth-order valence-electron chi connectivity index (χ4n) is 3.99. The highest BCUT2D eigenvalue weighted by molar-refractivity contribution is 9.10.